The standard InChI is InChI=1S/C18H28N2O3/c1-6-8-16(18(22)23)20-17(21)14-9-7-10-15(12(14)4)19-13(5)11(2)3/h7,9-11,13,16,19H,6,8H2,1-5H3,(H,20,21)(H,22,23). The van der Waals surface area contributed by atoms with Crippen LogP contribution in [0.15, 0.2) is 18.2 Å². The molecule has 5 nitrogen and oxygen atoms in total. The molecular formula is C18H28N2O3. The van der Waals surface area contributed by atoms with E-state index >= 15 is 0 Å². The van der Waals surface area contributed by atoms with Gasteiger partial charge in [-0.15, -0.1) is 0 Å². The van der Waals surface area contributed by atoms with E-state index < -0.39 is 12.0 Å². The van der Waals surface area contributed by atoms with Crippen LogP contribution in [0.4, 0.5) is 5.69 Å². The fraction of sp³-hybridized carbons (Fsp3) is 0.556. The lowest BCUT2D eigenvalue weighted by atomic mass is 10.0. The maximum absolute atomic E-state index is 12.4. The molecule has 128 valence electrons. The minimum Gasteiger partial charge on any atom is -0.480 e. The van der Waals surface area contributed by atoms with Crippen LogP contribution in [-0.2, 0) is 4.79 Å². The van der Waals surface area contributed by atoms with Crippen LogP contribution in [0.25, 0.3) is 0 Å². The van der Waals surface area contributed by atoms with Gasteiger partial charge in [0.05, 0.1) is 0 Å². The van der Waals surface area contributed by atoms with Gasteiger partial charge >= 0.3 is 5.97 Å². The monoisotopic (exact) mass is 320 g/mol. The van der Waals surface area contributed by atoms with Crippen molar-refractivity contribution in [3.8, 4) is 0 Å². The van der Waals surface area contributed by atoms with Crippen molar-refractivity contribution >= 4 is 17.6 Å². The summed E-state index contributed by atoms with van der Waals surface area (Å²) in [5.74, 6) is -0.877. The van der Waals surface area contributed by atoms with Gasteiger partial charge in [-0.2, -0.15) is 0 Å². The molecule has 3 N–H and O–H groups in total. The molecule has 0 saturated carbocycles. The maximum Gasteiger partial charge on any atom is 0.326 e. The third-order valence-electron chi connectivity index (χ3n) is 4.14. The van der Waals surface area contributed by atoms with E-state index in [0.717, 1.165) is 11.3 Å². The predicted molar refractivity (Wildman–Crippen MR) is 92.9 cm³/mol. The first kappa shape index (κ1) is 19.0. The Morgan fingerprint density at radius 1 is 1.22 bits per heavy atom. The van der Waals surface area contributed by atoms with Crippen LogP contribution in [0.5, 0.6) is 0 Å². The van der Waals surface area contributed by atoms with Crippen LogP contribution in [0, 0.1) is 12.8 Å². The average Bonchev–Trinajstić information content (AvgIpc) is 2.48. The number of anilines is 1. The van der Waals surface area contributed by atoms with Crippen molar-refractivity contribution in [2.24, 2.45) is 5.92 Å². The summed E-state index contributed by atoms with van der Waals surface area (Å²) < 4.78 is 0. The van der Waals surface area contributed by atoms with Gasteiger partial charge in [0.15, 0.2) is 0 Å². The lowest BCUT2D eigenvalue weighted by molar-refractivity contribution is -0.139. The largest absolute Gasteiger partial charge is 0.480 e. The number of benzene rings is 1. The Morgan fingerprint density at radius 2 is 1.87 bits per heavy atom. The van der Waals surface area contributed by atoms with E-state index in [4.69, 9.17) is 0 Å². The van der Waals surface area contributed by atoms with E-state index in [0.29, 0.717) is 24.3 Å². The number of carbonyl (C=O) groups excluding carboxylic acids is 1. The molecule has 0 aliphatic rings. The number of hydrogen-bond donors (Lipinski definition) is 3. The second kappa shape index (κ2) is 8.56. The molecule has 2 unspecified atom stereocenters. The molecule has 23 heavy (non-hydrogen) atoms. The molecule has 0 fully saturated rings. The van der Waals surface area contributed by atoms with Crippen molar-refractivity contribution in [2.45, 2.75) is 59.5 Å². The van der Waals surface area contributed by atoms with Gasteiger partial charge in [-0.05, 0) is 43.9 Å². The molecule has 1 rings (SSSR count). The highest BCUT2D eigenvalue weighted by Crippen LogP contribution is 2.21. The van der Waals surface area contributed by atoms with Gasteiger partial charge in [0.2, 0.25) is 0 Å². The van der Waals surface area contributed by atoms with Crippen molar-refractivity contribution in [1.82, 2.24) is 5.32 Å². The van der Waals surface area contributed by atoms with Crippen molar-refractivity contribution in [3.63, 3.8) is 0 Å². The zero-order chi connectivity index (χ0) is 17.6. The predicted octanol–water partition coefficient (Wildman–Crippen LogP) is 3.43. The molecule has 0 bridgehead atoms. The molecular weight excluding hydrogens is 292 g/mol. The molecule has 5 heteroatoms. The molecule has 1 aromatic carbocycles. The minimum absolute atomic E-state index is 0.277. The smallest absolute Gasteiger partial charge is 0.326 e. The summed E-state index contributed by atoms with van der Waals surface area (Å²) in [5, 5.41) is 15.2. The molecule has 0 aliphatic carbocycles. The van der Waals surface area contributed by atoms with E-state index in [1.165, 1.54) is 0 Å². The van der Waals surface area contributed by atoms with Crippen LogP contribution in [0.3, 0.4) is 0 Å². The minimum atomic E-state index is -0.999. The van der Waals surface area contributed by atoms with Crippen LogP contribution in [-0.4, -0.2) is 29.1 Å². The van der Waals surface area contributed by atoms with Crippen molar-refractivity contribution in [3.05, 3.63) is 29.3 Å². The van der Waals surface area contributed by atoms with Gasteiger partial charge in [0.1, 0.15) is 6.04 Å². The van der Waals surface area contributed by atoms with Gasteiger partial charge in [-0.25, -0.2) is 4.79 Å². The Kier molecular flexibility index (Phi) is 7.07. The summed E-state index contributed by atoms with van der Waals surface area (Å²) in [6.07, 6.45) is 1.12. The Morgan fingerprint density at radius 3 is 2.39 bits per heavy atom. The molecule has 0 radical (unpaired) electrons. The molecule has 2 atom stereocenters. The second-order valence-corrected chi connectivity index (χ2v) is 6.31. The molecule has 1 amide bonds. The molecule has 0 heterocycles. The van der Waals surface area contributed by atoms with Gasteiger partial charge < -0.3 is 15.7 Å². The number of carboxylic acid groups (broad SMARTS) is 1. The lowest BCUT2D eigenvalue weighted by Crippen LogP contribution is -2.41. The fourth-order valence-corrected chi connectivity index (χ4v) is 2.23. The van der Waals surface area contributed by atoms with E-state index in [1.807, 2.05) is 26.0 Å². The summed E-state index contributed by atoms with van der Waals surface area (Å²) in [6, 6.07) is 4.90. The zero-order valence-electron chi connectivity index (χ0n) is 14.6. The molecule has 1 aromatic rings. The number of carbonyl (C=O) groups is 2. The summed E-state index contributed by atoms with van der Waals surface area (Å²) in [7, 11) is 0. The fourth-order valence-electron chi connectivity index (χ4n) is 2.23. The van der Waals surface area contributed by atoms with Crippen molar-refractivity contribution < 1.29 is 14.7 Å². The number of nitrogens with one attached hydrogen (secondary N) is 2. The lowest BCUT2D eigenvalue weighted by Gasteiger charge is -2.21. The van der Waals surface area contributed by atoms with E-state index in [1.54, 1.807) is 6.07 Å². The number of aliphatic carboxylic acids is 1. The topological polar surface area (TPSA) is 78.4 Å². The number of hydrogen-bond acceptors (Lipinski definition) is 3. The van der Waals surface area contributed by atoms with Crippen LogP contribution in [0.1, 0.15) is 56.5 Å². The molecule has 0 aromatic heterocycles. The first-order valence-corrected chi connectivity index (χ1v) is 8.17. The molecule has 0 spiro atoms. The third kappa shape index (κ3) is 5.27. The highest BCUT2D eigenvalue weighted by Gasteiger charge is 2.21. The zero-order valence-corrected chi connectivity index (χ0v) is 14.6. The number of carboxylic acids is 1. The van der Waals surface area contributed by atoms with Gasteiger partial charge in [0, 0.05) is 17.3 Å². The van der Waals surface area contributed by atoms with Crippen LogP contribution in [0.2, 0.25) is 0 Å². The molecule has 0 aliphatic heterocycles. The first-order chi connectivity index (χ1) is 10.8. The van der Waals surface area contributed by atoms with Crippen LogP contribution >= 0.6 is 0 Å². The highest BCUT2D eigenvalue weighted by molar-refractivity contribution is 5.99. The Balaban J connectivity index is 2.95. The quantitative estimate of drug-likeness (QED) is 0.685. The van der Waals surface area contributed by atoms with Crippen molar-refractivity contribution in [2.75, 3.05) is 5.32 Å². The van der Waals surface area contributed by atoms with Crippen molar-refractivity contribution in [1.29, 1.82) is 0 Å². The molecule has 0 saturated heterocycles. The summed E-state index contributed by atoms with van der Waals surface area (Å²) in [6.45, 7) is 10.1. The van der Waals surface area contributed by atoms with Gasteiger partial charge in [-0.3, -0.25) is 4.79 Å². The first-order valence-electron chi connectivity index (χ1n) is 8.17. The van der Waals surface area contributed by atoms with E-state index in [-0.39, 0.29) is 11.9 Å². The average molecular weight is 320 g/mol. The Hall–Kier alpha value is -2.04. The van der Waals surface area contributed by atoms with Crippen LogP contribution < -0.4 is 10.6 Å². The van der Waals surface area contributed by atoms with E-state index in [9.17, 15) is 14.7 Å². The highest BCUT2D eigenvalue weighted by atomic mass is 16.4. The Labute approximate surface area is 138 Å². The van der Waals surface area contributed by atoms with Gasteiger partial charge in [-0.1, -0.05) is 33.3 Å². The third-order valence-corrected chi connectivity index (χ3v) is 4.14. The second-order valence-electron chi connectivity index (χ2n) is 6.31. The summed E-state index contributed by atoms with van der Waals surface area (Å²) >= 11 is 0. The van der Waals surface area contributed by atoms with E-state index in [2.05, 4.69) is 31.4 Å². The number of rotatable bonds is 8. The van der Waals surface area contributed by atoms with Gasteiger partial charge in [0.25, 0.3) is 5.91 Å². The normalized spacial score (nSPS) is 13.5. The summed E-state index contributed by atoms with van der Waals surface area (Å²) in [5.41, 5.74) is 2.24. The Bertz CT molecular complexity index is 555. The number of amides is 1. The summed E-state index contributed by atoms with van der Waals surface area (Å²) in [4.78, 5) is 23.6. The SMILES string of the molecule is CCCC(NC(=O)c1cccc(NC(C)C(C)C)c1C)C(=O)O. The maximum atomic E-state index is 12.4.